The van der Waals surface area contributed by atoms with Crippen LogP contribution in [0.3, 0.4) is 0 Å². The number of benzene rings is 2. The van der Waals surface area contributed by atoms with Crippen molar-refractivity contribution in [2.75, 3.05) is 13.7 Å². The Labute approximate surface area is 152 Å². The summed E-state index contributed by atoms with van der Waals surface area (Å²) < 4.78 is 16.3. The molecule has 0 saturated heterocycles. The number of cyclic esters (lactones) is 1. The number of aliphatic imine (C=N–C) groups is 1. The summed E-state index contributed by atoms with van der Waals surface area (Å²) in [6.45, 7) is 4.61. The average molecular weight is 351 g/mol. The third-order valence-electron chi connectivity index (χ3n) is 3.84. The molecule has 0 saturated carbocycles. The average Bonchev–Trinajstić information content (AvgIpc) is 3.01. The summed E-state index contributed by atoms with van der Waals surface area (Å²) in [7, 11) is 1.60. The fourth-order valence-corrected chi connectivity index (χ4v) is 2.58. The molecule has 0 spiro atoms. The number of hydrogen-bond donors (Lipinski definition) is 0. The van der Waals surface area contributed by atoms with E-state index in [2.05, 4.69) is 4.99 Å². The van der Waals surface area contributed by atoms with Crippen molar-refractivity contribution >= 4 is 17.9 Å². The standard InChI is InChI=1S/C21H21NO4/c1-4-10-25-19-13-15(8-9-18(19)24-3)12-17-21(23)26-20(22-17)16-7-5-6-14(2)11-16/h5-9,11-13H,4,10H2,1-3H3/b17-12-. The minimum Gasteiger partial charge on any atom is -0.493 e. The van der Waals surface area contributed by atoms with Gasteiger partial charge in [-0.2, -0.15) is 0 Å². The van der Waals surface area contributed by atoms with Crippen LogP contribution in [0.4, 0.5) is 0 Å². The van der Waals surface area contributed by atoms with Gasteiger partial charge in [-0.15, -0.1) is 0 Å². The highest BCUT2D eigenvalue weighted by atomic mass is 16.6. The Kier molecular flexibility index (Phi) is 5.37. The number of ether oxygens (including phenoxy) is 3. The van der Waals surface area contributed by atoms with Gasteiger partial charge in [-0.05, 0) is 49.2 Å². The zero-order valence-corrected chi connectivity index (χ0v) is 15.1. The summed E-state index contributed by atoms with van der Waals surface area (Å²) >= 11 is 0. The van der Waals surface area contributed by atoms with E-state index in [4.69, 9.17) is 14.2 Å². The van der Waals surface area contributed by atoms with Gasteiger partial charge in [-0.3, -0.25) is 0 Å². The first-order chi connectivity index (χ1) is 12.6. The molecule has 0 amide bonds. The predicted molar refractivity (Wildman–Crippen MR) is 101 cm³/mol. The summed E-state index contributed by atoms with van der Waals surface area (Å²) in [5.74, 6) is 1.14. The van der Waals surface area contributed by atoms with Gasteiger partial charge in [-0.25, -0.2) is 9.79 Å². The van der Waals surface area contributed by atoms with Crippen molar-refractivity contribution in [1.29, 1.82) is 0 Å². The maximum absolute atomic E-state index is 12.2. The van der Waals surface area contributed by atoms with E-state index in [0.29, 0.717) is 24.0 Å². The molecule has 0 atom stereocenters. The Hall–Kier alpha value is -3.08. The van der Waals surface area contributed by atoms with E-state index in [1.807, 2.05) is 56.3 Å². The number of nitrogens with zero attached hydrogens (tertiary/aromatic N) is 1. The fourth-order valence-electron chi connectivity index (χ4n) is 2.58. The van der Waals surface area contributed by atoms with Crippen LogP contribution >= 0.6 is 0 Å². The largest absolute Gasteiger partial charge is 0.493 e. The summed E-state index contributed by atoms with van der Waals surface area (Å²) in [5.41, 5.74) is 2.90. The van der Waals surface area contributed by atoms with Crippen LogP contribution in [0.1, 0.15) is 30.0 Å². The Morgan fingerprint density at radius 2 is 2.00 bits per heavy atom. The highest BCUT2D eigenvalue weighted by Gasteiger charge is 2.24. The highest BCUT2D eigenvalue weighted by molar-refractivity contribution is 6.12. The molecule has 0 fully saturated rings. The highest BCUT2D eigenvalue weighted by Crippen LogP contribution is 2.30. The van der Waals surface area contributed by atoms with Gasteiger partial charge >= 0.3 is 5.97 Å². The van der Waals surface area contributed by atoms with Crippen molar-refractivity contribution in [2.24, 2.45) is 4.99 Å². The van der Waals surface area contributed by atoms with E-state index in [1.165, 1.54) is 0 Å². The minimum atomic E-state index is -0.464. The van der Waals surface area contributed by atoms with Gasteiger partial charge in [0.25, 0.3) is 0 Å². The van der Waals surface area contributed by atoms with Crippen LogP contribution in [0.15, 0.2) is 53.2 Å². The molecule has 0 aromatic heterocycles. The van der Waals surface area contributed by atoms with Gasteiger partial charge in [0.2, 0.25) is 5.90 Å². The first-order valence-electron chi connectivity index (χ1n) is 8.51. The lowest BCUT2D eigenvalue weighted by Gasteiger charge is -2.10. The van der Waals surface area contributed by atoms with Crippen molar-refractivity contribution in [3.63, 3.8) is 0 Å². The first-order valence-corrected chi connectivity index (χ1v) is 8.51. The van der Waals surface area contributed by atoms with Gasteiger partial charge in [0.05, 0.1) is 13.7 Å². The van der Waals surface area contributed by atoms with E-state index >= 15 is 0 Å². The van der Waals surface area contributed by atoms with Crippen molar-refractivity contribution in [3.05, 3.63) is 64.9 Å². The van der Waals surface area contributed by atoms with Crippen LogP contribution in [0.2, 0.25) is 0 Å². The van der Waals surface area contributed by atoms with Crippen molar-refractivity contribution in [1.82, 2.24) is 0 Å². The molecule has 0 bridgehead atoms. The second kappa shape index (κ2) is 7.87. The van der Waals surface area contributed by atoms with E-state index in [0.717, 1.165) is 23.1 Å². The molecule has 0 N–H and O–H groups in total. The van der Waals surface area contributed by atoms with Crippen LogP contribution in [0, 0.1) is 6.92 Å². The summed E-state index contributed by atoms with van der Waals surface area (Å²) in [6, 6.07) is 13.2. The molecular formula is C21H21NO4. The number of carbonyl (C=O) groups excluding carboxylic acids is 1. The predicted octanol–water partition coefficient (Wildman–Crippen LogP) is 4.14. The van der Waals surface area contributed by atoms with E-state index in [1.54, 1.807) is 13.2 Å². The molecule has 0 radical (unpaired) electrons. The molecular weight excluding hydrogens is 330 g/mol. The smallest absolute Gasteiger partial charge is 0.363 e. The van der Waals surface area contributed by atoms with E-state index < -0.39 is 5.97 Å². The molecule has 134 valence electrons. The van der Waals surface area contributed by atoms with Crippen molar-refractivity contribution < 1.29 is 19.0 Å². The molecule has 2 aromatic rings. The molecule has 1 aliphatic heterocycles. The van der Waals surface area contributed by atoms with Crippen LogP contribution in [-0.2, 0) is 9.53 Å². The minimum absolute atomic E-state index is 0.258. The second-order valence-corrected chi connectivity index (χ2v) is 5.96. The number of carbonyl (C=O) groups is 1. The topological polar surface area (TPSA) is 57.1 Å². The Morgan fingerprint density at radius 3 is 2.73 bits per heavy atom. The maximum Gasteiger partial charge on any atom is 0.363 e. The van der Waals surface area contributed by atoms with Crippen molar-refractivity contribution in [3.8, 4) is 11.5 Å². The summed E-state index contributed by atoms with van der Waals surface area (Å²) in [5, 5.41) is 0. The van der Waals surface area contributed by atoms with Gasteiger partial charge in [0, 0.05) is 5.56 Å². The van der Waals surface area contributed by atoms with Gasteiger partial charge in [0.15, 0.2) is 17.2 Å². The first kappa shape index (κ1) is 17.7. The second-order valence-electron chi connectivity index (χ2n) is 5.96. The molecule has 0 aliphatic carbocycles. The van der Waals surface area contributed by atoms with Crippen molar-refractivity contribution in [2.45, 2.75) is 20.3 Å². The van der Waals surface area contributed by atoms with E-state index in [-0.39, 0.29) is 5.70 Å². The van der Waals surface area contributed by atoms with Crippen LogP contribution < -0.4 is 9.47 Å². The monoisotopic (exact) mass is 351 g/mol. The summed E-state index contributed by atoms with van der Waals surface area (Å²) in [4.78, 5) is 16.5. The Morgan fingerprint density at radius 1 is 1.15 bits per heavy atom. The van der Waals surface area contributed by atoms with Gasteiger partial charge in [0.1, 0.15) is 0 Å². The Bertz CT molecular complexity index is 883. The number of esters is 1. The number of methoxy groups -OCH3 is 1. The number of rotatable bonds is 6. The number of aryl methyl sites for hydroxylation is 1. The normalized spacial score (nSPS) is 15.0. The SMILES string of the molecule is CCCOc1cc(/C=C2\N=C(c3cccc(C)c3)OC2=O)ccc1OC. The molecule has 3 rings (SSSR count). The summed E-state index contributed by atoms with van der Waals surface area (Å²) in [6.07, 6.45) is 2.58. The van der Waals surface area contributed by atoms with Crippen LogP contribution in [-0.4, -0.2) is 25.6 Å². The van der Waals surface area contributed by atoms with Gasteiger partial charge < -0.3 is 14.2 Å². The zero-order valence-electron chi connectivity index (χ0n) is 15.1. The maximum atomic E-state index is 12.2. The molecule has 2 aromatic carbocycles. The lowest BCUT2D eigenvalue weighted by Crippen LogP contribution is -2.05. The quantitative estimate of drug-likeness (QED) is 0.580. The lowest BCUT2D eigenvalue weighted by atomic mass is 10.1. The fraction of sp³-hybridized carbons (Fsp3) is 0.238. The number of hydrogen-bond acceptors (Lipinski definition) is 5. The van der Waals surface area contributed by atoms with Gasteiger partial charge in [-0.1, -0.05) is 30.7 Å². The third kappa shape index (κ3) is 3.94. The third-order valence-corrected chi connectivity index (χ3v) is 3.84. The Balaban J connectivity index is 1.90. The molecule has 0 unspecified atom stereocenters. The molecule has 5 heteroatoms. The van der Waals surface area contributed by atoms with Crippen LogP contribution in [0.5, 0.6) is 11.5 Å². The molecule has 1 heterocycles. The zero-order chi connectivity index (χ0) is 18.5. The lowest BCUT2D eigenvalue weighted by molar-refractivity contribution is -0.129. The van der Waals surface area contributed by atoms with E-state index in [9.17, 15) is 4.79 Å². The molecule has 5 nitrogen and oxygen atoms in total. The van der Waals surface area contributed by atoms with Crippen LogP contribution in [0.25, 0.3) is 6.08 Å². The molecule has 1 aliphatic rings. The molecule has 26 heavy (non-hydrogen) atoms.